The molecular formula is C21H26N2O3S. The molecule has 0 aromatic heterocycles. The number of rotatable bonds is 6. The van der Waals surface area contributed by atoms with Crippen molar-refractivity contribution in [1.29, 1.82) is 0 Å². The van der Waals surface area contributed by atoms with Crippen LogP contribution >= 0.6 is 11.8 Å². The molecule has 1 heterocycles. The van der Waals surface area contributed by atoms with Gasteiger partial charge < -0.3 is 15.4 Å². The summed E-state index contributed by atoms with van der Waals surface area (Å²) in [6.45, 7) is 3.10. The zero-order chi connectivity index (χ0) is 19.1. The zero-order valence-corrected chi connectivity index (χ0v) is 16.5. The first kappa shape index (κ1) is 19.5. The van der Waals surface area contributed by atoms with E-state index in [1.807, 2.05) is 0 Å². The predicted octanol–water partition coefficient (Wildman–Crippen LogP) is 4.24. The molecule has 2 aliphatic rings. The first-order valence-corrected chi connectivity index (χ1v) is 10.5. The van der Waals surface area contributed by atoms with Gasteiger partial charge in [0.15, 0.2) is 0 Å². The average Bonchev–Trinajstić information content (AvgIpc) is 2.69. The molecule has 6 heteroatoms. The van der Waals surface area contributed by atoms with Crippen molar-refractivity contribution < 1.29 is 14.3 Å². The second-order valence-corrected chi connectivity index (χ2v) is 7.83. The molecule has 0 bridgehead atoms. The van der Waals surface area contributed by atoms with Crippen molar-refractivity contribution in [3.05, 3.63) is 52.1 Å². The van der Waals surface area contributed by atoms with Crippen molar-refractivity contribution in [3.8, 4) is 0 Å². The lowest BCUT2D eigenvalue weighted by atomic mass is 9.97. The first-order chi connectivity index (χ1) is 13.1. The van der Waals surface area contributed by atoms with E-state index >= 15 is 0 Å². The van der Waals surface area contributed by atoms with E-state index in [2.05, 4.69) is 16.7 Å². The summed E-state index contributed by atoms with van der Waals surface area (Å²) >= 11 is 1.50. The minimum atomic E-state index is -0.171. The van der Waals surface area contributed by atoms with E-state index < -0.39 is 0 Å². The second kappa shape index (κ2) is 9.65. The van der Waals surface area contributed by atoms with Crippen LogP contribution in [0.5, 0.6) is 0 Å². The Morgan fingerprint density at radius 3 is 2.67 bits per heavy atom. The van der Waals surface area contributed by atoms with Gasteiger partial charge in [-0.25, -0.2) is 0 Å². The summed E-state index contributed by atoms with van der Waals surface area (Å²) in [7, 11) is 0. The Hall–Kier alpha value is -2.21. The maximum atomic E-state index is 12.3. The fraction of sp³-hybridized carbons (Fsp3) is 0.429. The van der Waals surface area contributed by atoms with Crippen LogP contribution in [0.1, 0.15) is 49.4 Å². The SMILES string of the molecule is CC1=C(C(=O)Nc2ccc(C(=O)NCCC3=CCCCC3)cc2)SCCO1. The summed E-state index contributed by atoms with van der Waals surface area (Å²) in [5, 5.41) is 5.83. The van der Waals surface area contributed by atoms with E-state index in [1.165, 1.54) is 30.2 Å². The molecule has 1 aliphatic heterocycles. The van der Waals surface area contributed by atoms with Gasteiger partial charge in [-0.1, -0.05) is 11.6 Å². The average molecular weight is 387 g/mol. The van der Waals surface area contributed by atoms with Gasteiger partial charge in [-0.2, -0.15) is 0 Å². The Balaban J connectivity index is 1.49. The van der Waals surface area contributed by atoms with Crippen LogP contribution in [0.2, 0.25) is 0 Å². The molecule has 0 saturated carbocycles. The molecule has 0 atom stereocenters. The number of nitrogens with one attached hydrogen (secondary N) is 2. The zero-order valence-electron chi connectivity index (χ0n) is 15.7. The Labute approximate surface area is 164 Å². The number of hydrogen-bond acceptors (Lipinski definition) is 4. The van der Waals surface area contributed by atoms with E-state index in [9.17, 15) is 9.59 Å². The van der Waals surface area contributed by atoms with Crippen LogP contribution < -0.4 is 10.6 Å². The lowest BCUT2D eigenvalue weighted by molar-refractivity contribution is -0.112. The summed E-state index contributed by atoms with van der Waals surface area (Å²) in [6, 6.07) is 6.97. The monoisotopic (exact) mass is 386 g/mol. The number of hydrogen-bond donors (Lipinski definition) is 2. The van der Waals surface area contributed by atoms with Crippen molar-refractivity contribution in [1.82, 2.24) is 5.32 Å². The minimum Gasteiger partial charge on any atom is -0.496 e. The second-order valence-electron chi connectivity index (χ2n) is 6.73. The highest BCUT2D eigenvalue weighted by Gasteiger charge is 2.19. The normalized spacial score (nSPS) is 17.0. The minimum absolute atomic E-state index is 0.0842. The molecule has 3 rings (SSSR count). The highest BCUT2D eigenvalue weighted by atomic mass is 32.2. The van der Waals surface area contributed by atoms with Crippen LogP contribution in [0.3, 0.4) is 0 Å². The number of amides is 2. The third-order valence-corrected chi connectivity index (χ3v) is 5.83. The van der Waals surface area contributed by atoms with Gasteiger partial charge in [-0.15, -0.1) is 11.8 Å². The van der Waals surface area contributed by atoms with Crippen molar-refractivity contribution in [3.63, 3.8) is 0 Å². The molecule has 144 valence electrons. The summed E-state index contributed by atoms with van der Waals surface area (Å²) < 4.78 is 5.42. The number of allylic oxidation sites excluding steroid dienone is 2. The van der Waals surface area contributed by atoms with Crippen LogP contribution in [0.25, 0.3) is 0 Å². The van der Waals surface area contributed by atoms with Gasteiger partial charge in [0.2, 0.25) is 0 Å². The molecule has 0 unspecified atom stereocenters. The molecule has 1 aromatic carbocycles. The Morgan fingerprint density at radius 2 is 1.96 bits per heavy atom. The molecular weight excluding hydrogens is 360 g/mol. The summed E-state index contributed by atoms with van der Waals surface area (Å²) in [4.78, 5) is 25.2. The molecule has 0 spiro atoms. The number of carbonyl (C=O) groups excluding carboxylic acids is 2. The highest BCUT2D eigenvalue weighted by molar-refractivity contribution is 8.04. The van der Waals surface area contributed by atoms with Crippen LogP contribution in [-0.2, 0) is 9.53 Å². The predicted molar refractivity (Wildman–Crippen MR) is 110 cm³/mol. The molecule has 0 fully saturated rings. The summed E-state index contributed by atoms with van der Waals surface area (Å²) in [6.07, 6.45) is 8.09. The number of carbonyl (C=O) groups is 2. The van der Waals surface area contributed by atoms with Gasteiger partial charge in [0.1, 0.15) is 10.7 Å². The van der Waals surface area contributed by atoms with E-state index in [-0.39, 0.29) is 11.8 Å². The van der Waals surface area contributed by atoms with Crippen molar-refractivity contribution >= 4 is 29.3 Å². The molecule has 0 saturated heterocycles. The fourth-order valence-electron chi connectivity index (χ4n) is 3.19. The molecule has 2 N–H and O–H groups in total. The molecule has 5 nitrogen and oxygen atoms in total. The van der Waals surface area contributed by atoms with Crippen LogP contribution in [-0.4, -0.2) is 30.7 Å². The molecule has 1 aromatic rings. The lowest BCUT2D eigenvalue weighted by Gasteiger charge is -2.17. The Morgan fingerprint density at radius 1 is 1.15 bits per heavy atom. The molecule has 0 radical (unpaired) electrons. The maximum absolute atomic E-state index is 12.3. The van der Waals surface area contributed by atoms with Gasteiger partial charge in [0.05, 0.1) is 6.61 Å². The topological polar surface area (TPSA) is 67.4 Å². The standard InChI is InChI=1S/C21H26N2O3S/c1-15-19(27-14-13-26-15)21(25)23-18-9-7-17(8-10-18)20(24)22-12-11-16-5-3-2-4-6-16/h5,7-10H,2-4,6,11-14H2,1H3,(H,22,24)(H,23,25). The van der Waals surface area contributed by atoms with Crippen molar-refractivity contribution in [2.24, 2.45) is 0 Å². The van der Waals surface area contributed by atoms with E-state index in [4.69, 9.17) is 4.74 Å². The first-order valence-electron chi connectivity index (χ1n) is 9.47. The fourth-order valence-corrected chi connectivity index (χ4v) is 4.01. The van der Waals surface area contributed by atoms with Gasteiger partial charge >= 0.3 is 0 Å². The summed E-state index contributed by atoms with van der Waals surface area (Å²) in [5.74, 6) is 1.18. The van der Waals surface area contributed by atoms with Gasteiger partial charge in [0, 0.05) is 23.5 Å². The van der Waals surface area contributed by atoms with E-state index in [0.717, 1.165) is 25.0 Å². The van der Waals surface area contributed by atoms with Gasteiger partial charge in [-0.3, -0.25) is 9.59 Å². The van der Waals surface area contributed by atoms with Gasteiger partial charge in [-0.05, 0) is 63.3 Å². The van der Waals surface area contributed by atoms with E-state index in [0.29, 0.717) is 35.1 Å². The third kappa shape index (κ3) is 5.63. The number of anilines is 1. The maximum Gasteiger partial charge on any atom is 0.265 e. The Bertz CT molecular complexity index is 753. The number of thioether (sulfide) groups is 1. The largest absolute Gasteiger partial charge is 0.496 e. The van der Waals surface area contributed by atoms with E-state index in [1.54, 1.807) is 31.2 Å². The smallest absolute Gasteiger partial charge is 0.265 e. The lowest BCUT2D eigenvalue weighted by Crippen LogP contribution is -2.25. The highest BCUT2D eigenvalue weighted by Crippen LogP contribution is 2.26. The number of benzene rings is 1. The van der Waals surface area contributed by atoms with Crippen molar-refractivity contribution in [2.75, 3.05) is 24.2 Å². The molecule has 27 heavy (non-hydrogen) atoms. The molecule has 2 amide bonds. The van der Waals surface area contributed by atoms with Crippen LogP contribution in [0.15, 0.2) is 46.6 Å². The van der Waals surface area contributed by atoms with Crippen LogP contribution in [0, 0.1) is 0 Å². The molecule has 1 aliphatic carbocycles. The quantitative estimate of drug-likeness (QED) is 0.718. The van der Waals surface area contributed by atoms with Gasteiger partial charge in [0.25, 0.3) is 11.8 Å². The Kier molecular flexibility index (Phi) is 6.98. The van der Waals surface area contributed by atoms with Crippen molar-refractivity contribution in [2.45, 2.75) is 39.0 Å². The third-order valence-electron chi connectivity index (χ3n) is 4.70. The van der Waals surface area contributed by atoms with Crippen LogP contribution in [0.4, 0.5) is 5.69 Å². The summed E-state index contributed by atoms with van der Waals surface area (Å²) in [5.41, 5.74) is 2.71. The number of ether oxygens (including phenoxy) is 1.